The van der Waals surface area contributed by atoms with Gasteiger partial charge in [0.1, 0.15) is 24.0 Å². The SMILES string of the molecule is Cc1cc(C(C)(C)C)cc(C)c1N1CN(c2cc(Oc3ccc4c5ccccc5n(-c5cc(C(C)(C)C)ccn5)c4c3)cc3c2sc2ccccc23)c2ccccc21. The molecule has 0 saturated carbocycles. The summed E-state index contributed by atoms with van der Waals surface area (Å²) in [7, 11) is 0. The van der Waals surface area contributed by atoms with Gasteiger partial charge >= 0.3 is 0 Å². The molecule has 0 atom stereocenters. The minimum atomic E-state index is -0.00563. The highest BCUT2D eigenvalue weighted by Gasteiger charge is 2.32. The molecule has 9 aromatic rings. The molecule has 288 valence electrons. The van der Waals surface area contributed by atoms with Gasteiger partial charge in [-0.05, 0) is 102 Å². The molecule has 0 radical (unpaired) electrons. The third-order valence-corrected chi connectivity index (χ3v) is 13.0. The van der Waals surface area contributed by atoms with Crippen molar-refractivity contribution in [3.8, 4) is 17.3 Å². The van der Waals surface area contributed by atoms with E-state index in [1.165, 1.54) is 70.3 Å². The van der Waals surface area contributed by atoms with Gasteiger partial charge in [-0.2, -0.15) is 0 Å². The number of anilines is 4. The molecule has 0 aliphatic carbocycles. The Labute approximate surface area is 344 Å². The standard InChI is InChI=1S/C52H48N4OS/c1-32-25-35(52(6,7)8)26-33(2)49(32)55-31-54(43-18-12-13-19-44(43)55)46-30-37(28-41-40-16-10-14-20-47(40)58-50(41)46)57-36-21-22-39-38-15-9-11-17-42(38)56(45(39)29-36)48-27-34(23-24-53-48)51(3,4)5/h9-30H,31H2,1-8H3. The highest BCUT2D eigenvalue weighted by atomic mass is 32.1. The van der Waals surface area contributed by atoms with Crippen molar-refractivity contribution in [2.45, 2.75) is 66.2 Å². The first-order chi connectivity index (χ1) is 27.8. The Kier molecular flexibility index (Phi) is 8.26. The number of nitrogens with zero attached hydrogens (tertiary/aromatic N) is 4. The summed E-state index contributed by atoms with van der Waals surface area (Å²) in [5, 5.41) is 4.80. The van der Waals surface area contributed by atoms with Crippen LogP contribution in [0, 0.1) is 13.8 Å². The second kappa shape index (κ2) is 13.2. The molecule has 0 amide bonds. The van der Waals surface area contributed by atoms with Crippen LogP contribution in [0.25, 0.3) is 47.8 Å². The van der Waals surface area contributed by atoms with Crippen LogP contribution in [-0.4, -0.2) is 16.2 Å². The number of ether oxygens (including phenoxy) is 1. The summed E-state index contributed by atoms with van der Waals surface area (Å²) in [6, 6.07) is 46.2. The molecule has 0 N–H and O–H groups in total. The Morgan fingerprint density at radius 1 is 0.552 bits per heavy atom. The zero-order valence-corrected chi connectivity index (χ0v) is 35.3. The monoisotopic (exact) mass is 776 g/mol. The van der Waals surface area contributed by atoms with Crippen molar-refractivity contribution in [2.75, 3.05) is 16.5 Å². The molecule has 0 unspecified atom stereocenters. The highest BCUT2D eigenvalue weighted by Crippen LogP contribution is 2.51. The van der Waals surface area contributed by atoms with Crippen LogP contribution in [0.5, 0.6) is 11.5 Å². The summed E-state index contributed by atoms with van der Waals surface area (Å²) in [5.41, 5.74) is 12.3. The molecular formula is C52H48N4OS. The molecular weight excluding hydrogens is 729 g/mol. The lowest BCUT2D eigenvalue weighted by Crippen LogP contribution is -2.25. The number of thiophene rings is 1. The lowest BCUT2D eigenvalue weighted by Gasteiger charge is -2.28. The summed E-state index contributed by atoms with van der Waals surface area (Å²) in [6.07, 6.45) is 1.93. The lowest BCUT2D eigenvalue weighted by atomic mass is 9.84. The number of pyridine rings is 1. The van der Waals surface area contributed by atoms with E-state index in [4.69, 9.17) is 9.72 Å². The molecule has 6 heteroatoms. The quantitative estimate of drug-likeness (QED) is 0.174. The number of para-hydroxylation sites is 3. The van der Waals surface area contributed by atoms with E-state index >= 15 is 0 Å². The fourth-order valence-corrected chi connectivity index (χ4v) is 10.1. The minimum absolute atomic E-state index is 0.00563. The molecule has 1 aliphatic rings. The van der Waals surface area contributed by atoms with E-state index < -0.39 is 0 Å². The van der Waals surface area contributed by atoms with Crippen LogP contribution in [0.2, 0.25) is 0 Å². The molecule has 0 spiro atoms. The smallest absolute Gasteiger partial charge is 0.137 e. The average Bonchev–Trinajstić information content (AvgIpc) is 3.87. The first-order valence-corrected chi connectivity index (χ1v) is 21.0. The Morgan fingerprint density at radius 2 is 1.21 bits per heavy atom. The molecule has 0 saturated heterocycles. The van der Waals surface area contributed by atoms with E-state index in [1.807, 2.05) is 17.5 Å². The Balaban J connectivity index is 1.12. The maximum atomic E-state index is 6.99. The third kappa shape index (κ3) is 5.92. The zero-order chi connectivity index (χ0) is 40.1. The Morgan fingerprint density at radius 3 is 1.95 bits per heavy atom. The largest absolute Gasteiger partial charge is 0.457 e. The van der Waals surface area contributed by atoms with Gasteiger partial charge < -0.3 is 14.5 Å². The predicted molar refractivity (Wildman–Crippen MR) is 247 cm³/mol. The van der Waals surface area contributed by atoms with Crippen LogP contribution in [0.3, 0.4) is 0 Å². The number of benzene rings is 6. The van der Waals surface area contributed by atoms with Crippen LogP contribution in [0.4, 0.5) is 22.7 Å². The highest BCUT2D eigenvalue weighted by molar-refractivity contribution is 7.26. The molecule has 6 aromatic carbocycles. The first-order valence-electron chi connectivity index (χ1n) is 20.2. The maximum absolute atomic E-state index is 6.99. The lowest BCUT2D eigenvalue weighted by molar-refractivity contribution is 0.484. The summed E-state index contributed by atoms with van der Waals surface area (Å²) >= 11 is 1.85. The van der Waals surface area contributed by atoms with Gasteiger partial charge in [-0.1, -0.05) is 102 Å². The average molecular weight is 777 g/mol. The van der Waals surface area contributed by atoms with E-state index in [9.17, 15) is 0 Å². The van der Waals surface area contributed by atoms with Crippen molar-refractivity contribution in [1.29, 1.82) is 0 Å². The molecule has 0 bridgehead atoms. The number of aromatic nitrogens is 2. The van der Waals surface area contributed by atoms with Crippen LogP contribution in [0.15, 0.2) is 134 Å². The summed E-state index contributed by atoms with van der Waals surface area (Å²) in [5.74, 6) is 2.49. The van der Waals surface area contributed by atoms with Crippen LogP contribution in [-0.2, 0) is 10.8 Å². The normalized spacial score (nSPS) is 13.4. The van der Waals surface area contributed by atoms with Crippen LogP contribution in [0.1, 0.15) is 63.8 Å². The number of hydrogen-bond acceptors (Lipinski definition) is 5. The van der Waals surface area contributed by atoms with Gasteiger partial charge in [0.2, 0.25) is 0 Å². The summed E-state index contributed by atoms with van der Waals surface area (Å²) < 4.78 is 11.8. The number of rotatable bonds is 5. The fourth-order valence-electron chi connectivity index (χ4n) is 8.87. The number of aryl methyl sites for hydroxylation is 2. The zero-order valence-electron chi connectivity index (χ0n) is 34.5. The van der Waals surface area contributed by atoms with Gasteiger partial charge in [0.15, 0.2) is 0 Å². The van der Waals surface area contributed by atoms with Crippen molar-refractivity contribution in [3.63, 3.8) is 0 Å². The van der Waals surface area contributed by atoms with Gasteiger partial charge in [0, 0.05) is 50.3 Å². The topological polar surface area (TPSA) is 33.5 Å². The molecule has 4 heterocycles. The van der Waals surface area contributed by atoms with Crippen LogP contribution >= 0.6 is 11.3 Å². The van der Waals surface area contributed by atoms with Crippen molar-refractivity contribution >= 4 is 76.1 Å². The third-order valence-electron chi connectivity index (χ3n) is 11.8. The van der Waals surface area contributed by atoms with Gasteiger partial charge in [-0.3, -0.25) is 4.57 Å². The van der Waals surface area contributed by atoms with E-state index in [0.717, 1.165) is 34.0 Å². The van der Waals surface area contributed by atoms with Gasteiger partial charge in [-0.15, -0.1) is 11.3 Å². The van der Waals surface area contributed by atoms with Crippen molar-refractivity contribution < 1.29 is 4.74 Å². The van der Waals surface area contributed by atoms with Gasteiger partial charge in [-0.25, -0.2) is 4.98 Å². The second-order valence-corrected chi connectivity index (χ2v) is 19.0. The van der Waals surface area contributed by atoms with E-state index in [0.29, 0.717) is 6.67 Å². The molecule has 0 fully saturated rings. The van der Waals surface area contributed by atoms with Crippen molar-refractivity contribution in [3.05, 3.63) is 156 Å². The summed E-state index contributed by atoms with van der Waals surface area (Å²) in [4.78, 5) is 9.88. The minimum Gasteiger partial charge on any atom is -0.457 e. The molecule has 10 rings (SSSR count). The van der Waals surface area contributed by atoms with Gasteiger partial charge in [0.25, 0.3) is 0 Å². The molecule has 1 aliphatic heterocycles. The van der Waals surface area contributed by atoms with E-state index in [2.05, 4.69) is 197 Å². The Bertz CT molecular complexity index is 3060. The Hall–Kier alpha value is -6.11. The van der Waals surface area contributed by atoms with Crippen molar-refractivity contribution in [1.82, 2.24) is 9.55 Å². The molecule has 58 heavy (non-hydrogen) atoms. The maximum Gasteiger partial charge on any atom is 0.137 e. The van der Waals surface area contributed by atoms with E-state index in [1.54, 1.807) is 0 Å². The predicted octanol–water partition coefficient (Wildman–Crippen LogP) is 14.8. The first kappa shape index (κ1) is 36.2. The molecule has 3 aromatic heterocycles. The van der Waals surface area contributed by atoms with Crippen molar-refractivity contribution in [2.24, 2.45) is 0 Å². The number of fused-ring (bicyclic) bond motifs is 7. The van der Waals surface area contributed by atoms with E-state index in [-0.39, 0.29) is 10.8 Å². The second-order valence-electron chi connectivity index (χ2n) is 17.9. The number of hydrogen-bond donors (Lipinski definition) is 0. The molecule has 5 nitrogen and oxygen atoms in total. The van der Waals surface area contributed by atoms with Crippen LogP contribution < -0.4 is 14.5 Å². The fraction of sp³-hybridized carbons (Fsp3) is 0.212. The van der Waals surface area contributed by atoms with Gasteiger partial charge in [0.05, 0.1) is 32.8 Å². The summed E-state index contributed by atoms with van der Waals surface area (Å²) in [6.45, 7) is 18.8.